The molecule has 0 aliphatic carbocycles. The van der Waals surface area contributed by atoms with Crippen LogP contribution in [0.2, 0.25) is 5.54 Å². The Morgan fingerprint density at radius 2 is 1.59 bits per heavy atom. The van der Waals surface area contributed by atoms with E-state index in [0.29, 0.717) is 26.2 Å². The first-order valence-electron chi connectivity index (χ1n) is 8.13. The van der Waals surface area contributed by atoms with Gasteiger partial charge >= 0.3 is 14.8 Å². The Bertz CT molecular complexity index is 308. The second-order valence-electron chi connectivity index (χ2n) is 5.45. The van der Waals surface area contributed by atoms with Gasteiger partial charge in [0.1, 0.15) is 4.32 Å². The first kappa shape index (κ1) is 22.0. The summed E-state index contributed by atoms with van der Waals surface area (Å²) >= 11 is 3.34. The number of unbranched alkanes of at least 4 members (excludes halogenated alkanes) is 1. The number of aliphatic carboxylic acids is 1. The predicted molar refractivity (Wildman–Crippen MR) is 93.5 cm³/mol. The van der Waals surface area contributed by atoms with Crippen molar-refractivity contribution < 1.29 is 23.2 Å². The fourth-order valence-electron chi connectivity index (χ4n) is 2.49. The number of carboxylic acid groups (broad SMARTS) is 1. The van der Waals surface area contributed by atoms with Crippen LogP contribution in [0.1, 0.15) is 60.3 Å². The molecule has 132 valence electrons. The number of halogens is 1. The SMILES string of the molecule is CCCCC(CC(C)(Br)C(=O)O)[Si](OCC)(OCC)OCC. The van der Waals surface area contributed by atoms with Crippen LogP contribution in [0.5, 0.6) is 0 Å². The number of hydrogen-bond donors (Lipinski definition) is 1. The zero-order valence-corrected chi connectivity index (χ0v) is 17.1. The summed E-state index contributed by atoms with van der Waals surface area (Å²) < 4.78 is 16.9. The van der Waals surface area contributed by atoms with Crippen molar-refractivity contribution in [2.45, 2.75) is 70.2 Å². The standard InChI is InChI=1S/C15H31BrO5Si/c1-6-10-11-13(12-15(5,16)14(17)18)22(19-7-2,20-8-3)21-9-4/h13H,6-12H2,1-5H3,(H,17,18). The van der Waals surface area contributed by atoms with E-state index in [9.17, 15) is 9.90 Å². The van der Waals surface area contributed by atoms with Crippen LogP contribution < -0.4 is 0 Å². The molecular weight excluding hydrogens is 368 g/mol. The maximum absolute atomic E-state index is 11.5. The highest BCUT2D eigenvalue weighted by Crippen LogP contribution is 2.40. The average molecular weight is 399 g/mol. The van der Waals surface area contributed by atoms with Crippen LogP contribution in [0.15, 0.2) is 0 Å². The minimum atomic E-state index is -2.91. The lowest BCUT2D eigenvalue weighted by atomic mass is 10.0. The number of hydrogen-bond acceptors (Lipinski definition) is 4. The van der Waals surface area contributed by atoms with Gasteiger partial charge in [0.05, 0.1) is 0 Å². The van der Waals surface area contributed by atoms with Gasteiger partial charge in [-0.3, -0.25) is 4.79 Å². The van der Waals surface area contributed by atoms with E-state index in [1.54, 1.807) is 6.92 Å². The molecule has 0 spiro atoms. The third-order valence-corrected chi connectivity index (χ3v) is 7.75. The van der Waals surface area contributed by atoms with Gasteiger partial charge in [0.2, 0.25) is 0 Å². The summed E-state index contributed by atoms with van der Waals surface area (Å²) in [5.74, 6) is -0.874. The minimum absolute atomic E-state index is 0.0345. The lowest BCUT2D eigenvalue weighted by Gasteiger charge is -2.37. The van der Waals surface area contributed by atoms with E-state index < -0.39 is 19.1 Å². The van der Waals surface area contributed by atoms with Gasteiger partial charge in [0.25, 0.3) is 0 Å². The van der Waals surface area contributed by atoms with Gasteiger partial charge in [-0.1, -0.05) is 35.7 Å². The van der Waals surface area contributed by atoms with E-state index >= 15 is 0 Å². The highest BCUT2D eigenvalue weighted by atomic mass is 79.9. The van der Waals surface area contributed by atoms with Crippen molar-refractivity contribution in [1.82, 2.24) is 0 Å². The summed E-state index contributed by atoms with van der Waals surface area (Å²) in [4.78, 5) is 11.5. The molecule has 0 aliphatic rings. The highest BCUT2D eigenvalue weighted by Gasteiger charge is 2.51. The smallest absolute Gasteiger partial charge is 0.480 e. The van der Waals surface area contributed by atoms with E-state index in [-0.39, 0.29) is 5.54 Å². The van der Waals surface area contributed by atoms with Gasteiger partial charge in [0.15, 0.2) is 0 Å². The van der Waals surface area contributed by atoms with Crippen LogP contribution >= 0.6 is 15.9 Å². The molecular formula is C15H31BrO5Si. The van der Waals surface area contributed by atoms with Gasteiger partial charge in [-0.25, -0.2) is 0 Å². The zero-order valence-electron chi connectivity index (χ0n) is 14.5. The highest BCUT2D eigenvalue weighted by molar-refractivity contribution is 9.10. The second-order valence-corrected chi connectivity index (χ2v) is 10.1. The third-order valence-electron chi connectivity index (χ3n) is 3.52. The Hall–Kier alpha value is 0.0469. The van der Waals surface area contributed by atoms with Crippen molar-refractivity contribution in [3.63, 3.8) is 0 Å². The van der Waals surface area contributed by atoms with Crippen molar-refractivity contribution in [2.75, 3.05) is 19.8 Å². The molecule has 0 aromatic carbocycles. The maximum Gasteiger partial charge on any atom is 0.504 e. The molecule has 22 heavy (non-hydrogen) atoms. The van der Waals surface area contributed by atoms with Crippen molar-refractivity contribution in [1.29, 1.82) is 0 Å². The molecule has 0 amide bonds. The largest absolute Gasteiger partial charge is 0.504 e. The van der Waals surface area contributed by atoms with E-state index in [0.717, 1.165) is 19.3 Å². The molecule has 0 radical (unpaired) electrons. The van der Waals surface area contributed by atoms with Crippen LogP contribution in [0, 0.1) is 0 Å². The summed E-state index contributed by atoms with van der Waals surface area (Å²) in [6, 6.07) is 0. The van der Waals surface area contributed by atoms with Crippen LogP contribution in [0.4, 0.5) is 0 Å². The molecule has 1 N–H and O–H groups in total. The van der Waals surface area contributed by atoms with Crippen molar-refractivity contribution in [3.05, 3.63) is 0 Å². The Morgan fingerprint density at radius 1 is 1.14 bits per heavy atom. The van der Waals surface area contributed by atoms with Crippen molar-refractivity contribution in [3.8, 4) is 0 Å². The van der Waals surface area contributed by atoms with E-state index in [2.05, 4.69) is 22.9 Å². The molecule has 0 heterocycles. The van der Waals surface area contributed by atoms with Crippen molar-refractivity contribution >= 4 is 30.7 Å². The normalized spacial score (nSPS) is 16.3. The van der Waals surface area contributed by atoms with Gasteiger partial charge < -0.3 is 18.4 Å². The molecule has 0 saturated carbocycles. The number of alkyl halides is 1. The number of carboxylic acids is 1. The predicted octanol–water partition coefficient (Wildman–Crippen LogP) is 4.22. The zero-order chi connectivity index (χ0) is 17.2. The molecule has 0 rings (SSSR count). The monoisotopic (exact) mass is 398 g/mol. The lowest BCUT2D eigenvalue weighted by Crippen LogP contribution is -2.52. The van der Waals surface area contributed by atoms with Gasteiger partial charge in [-0.05, 0) is 40.5 Å². The number of carbonyl (C=O) groups is 1. The molecule has 0 aromatic heterocycles. The molecule has 0 aromatic rings. The van der Waals surface area contributed by atoms with Crippen LogP contribution in [-0.2, 0) is 18.1 Å². The Kier molecular flexibility index (Phi) is 10.8. The molecule has 2 unspecified atom stereocenters. The lowest BCUT2D eigenvalue weighted by molar-refractivity contribution is -0.139. The number of rotatable bonds is 13. The van der Waals surface area contributed by atoms with Crippen molar-refractivity contribution in [2.24, 2.45) is 0 Å². The topological polar surface area (TPSA) is 65.0 Å². The van der Waals surface area contributed by atoms with Crippen LogP contribution in [0.3, 0.4) is 0 Å². The fraction of sp³-hybridized carbons (Fsp3) is 0.933. The molecule has 0 fully saturated rings. The van der Waals surface area contributed by atoms with E-state index in [1.807, 2.05) is 20.8 Å². The first-order chi connectivity index (χ1) is 10.3. The Morgan fingerprint density at radius 3 is 1.91 bits per heavy atom. The molecule has 0 bridgehead atoms. The second kappa shape index (κ2) is 10.8. The maximum atomic E-state index is 11.5. The van der Waals surface area contributed by atoms with Crippen LogP contribution in [-0.4, -0.2) is 44.0 Å². The van der Waals surface area contributed by atoms with Gasteiger partial charge in [0, 0.05) is 25.4 Å². The van der Waals surface area contributed by atoms with Crippen LogP contribution in [0.25, 0.3) is 0 Å². The summed E-state index contributed by atoms with van der Waals surface area (Å²) in [7, 11) is -2.91. The summed E-state index contributed by atoms with van der Waals surface area (Å²) in [5, 5.41) is 9.42. The van der Waals surface area contributed by atoms with Gasteiger partial charge in [-0.15, -0.1) is 0 Å². The minimum Gasteiger partial charge on any atom is -0.480 e. The van der Waals surface area contributed by atoms with Gasteiger partial charge in [-0.2, -0.15) is 0 Å². The summed E-state index contributed by atoms with van der Waals surface area (Å²) in [6.07, 6.45) is 3.30. The molecule has 0 aliphatic heterocycles. The molecule has 5 nitrogen and oxygen atoms in total. The first-order valence-corrected chi connectivity index (χ1v) is 10.7. The summed E-state index contributed by atoms with van der Waals surface area (Å²) in [5.41, 5.74) is -0.0345. The Labute approximate surface area is 144 Å². The van der Waals surface area contributed by atoms with E-state index in [4.69, 9.17) is 13.3 Å². The fourth-order valence-corrected chi connectivity index (χ4v) is 6.56. The Balaban J connectivity index is 5.47. The molecule has 2 atom stereocenters. The average Bonchev–Trinajstić information content (AvgIpc) is 2.43. The molecule has 7 heteroatoms. The van der Waals surface area contributed by atoms with E-state index in [1.165, 1.54) is 0 Å². The third kappa shape index (κ3) is 6.66. The summed E-state index contributed by atoms with van der Waals surface area (Å²) in [6.45, 7) is 11.1. The quantitative estimate of drug-likeness (QED) is 0.371. The molecule has 0 saturated heterocycles.